The number of hydrogen-bond donors (Lipinski definition) is 1. The molecule has 36 heavy (non-hydrogen) atoms. The molecule has 3 nitrogen and oxygen atoms in total. The number of aliphatic carboxylic acids is 1. The average molecular weight is 515 g/mol. The molecule has 0 radical (unpaired) electrons. The first-order chi connectivity index (χ1) is 16.7. The first-order valence-electron chi connectivity index (χ1n) is 15.1. The van der Waals surface area contributed by atoms with E-state index in [9.17, 15) is 9.90 Å². The summed E-state index contributed by atoms with van der Waals surface area (Å²) in [6.07, 6.45) is 16.3. The van der Waals surface area contributed by atoms with Crippen LogP contribution in [0, 0.1) is 57.7 Å². The summed E-state index contributed by atoms with van der Waals surface area (Å²) in [6.45, 7) is 18.4. The molecule has 0 bridgehead atoms. The van der Waals surface area contributed by atoms with E-state index in [-0.39, 0.29) is 5.92 Å². The summed E-state index contributed by atoms with van der Waals surface area (Å²) in [6, 6.07) is 0. The van der Waals surface area contributed by atoms with Crippen molar-refractivity contribution < 1.29 is 14.6 Å². The van der Waals surface area contributed by atoms with E-state index < -0.39 is 19.1 Å². The molecule has 5 aliphatic rings. The van der Waals surface area contributed by atoms with E-state index in [0.29, 0.717) is 34.2 Å². The van der Waals surface area contributed by atoms with Crippen molar-refractivity contribution in [3.63, 3.8) is 0 Å². The molecule has 1 spiro atoms. The van der Waals surface area contributed by atoms with Gasteiger partial charge in [-0.2, -0.15) is 0 Å². The maximum absolute atomic E-state index is 12.4. The molecule has 0 heterocycles. The van der Waals surface area contributed by atoms with Crippen LogP contribution in [0.2, 0.25) is 24.7 Å². The summed E-state index contributed by atoms with van der Waals surface area (Å²) in [5, 5.41) is 9.52. The fourth-order valence-electron chi connectivity index (χ4n) is 11.3. The van der Waals surface area contributed by atoms with Crippen LogP contribution >= 0.6 is 0 Å². The van der Waals surface area contributed by atoms with Crippen molar-refractivity contribution in [2.45, 2.75) is 117 Å². The molecule has 5 aliphatic carbocycles. The fourth-order valence-corrected chi connectivity index (χ4v) is 13.5. The van der Waals surface area contributed by atoms with Gasteiger partial charge in [0, 0.05) is 12.5 Å². The second-order valence-electron chi connectivity index (χ2n) is 15.8. The SMILES string of the molecule is CO[C@@H]1C[C@H]2[C@@H]3CC[C@H]([C@H](C)/C=C/[C@@H](C)C(C)(C(=O)O)[Si](C)(C)C)[C@@]3(C)CC[C@@H]2[C@@]2(C)CC[C@@H]3C[C@]312. The molecule has 0 aromatic carbocycles. The zero-order valence-corrected chi connectivity index (χ0v) is 25.7. The summed E-state index contributed by atoms with van der Waals surface area (Å²) in [5.74, 6) is 4.12. The minimum atomic E-state index is -1.90. The predicted molar refractivity (Wildman–Crippen MR) is 151 cm³/mol. The number of carboxylic acids is 1. The van der Waals surface area contributed by atoms with E-state index in [1.165, 1.54) is 51.4 Å². The maximum Gasteiger partial charge on any atom is 0.307 e. The Bertz CT molecular complexity index is 923. The highest BCUT2D eigenvalue weighted by Crippen LogP contribution is 2.82. The van der Waals surface area contributed by atoms with Crippen molar-refractivity contribution in [2.75, 3.05) is 7.11 Å². The molecule has 0 amide bonds. The van der Waals surface area contributed by atoms with E-state index in [4.69, 9.17) is 4.74 Å². The molecular weight excluding hydrogens is 460 g/mol. The molecule has 0 aromatic rings. The molecule has 0 saturated heterocycles. The van der Waals surface area contributed by atoms with Crippen molar-refractivity contribution >= 4 is 14.0 Å². The third-order valence-electron chi connectivity index (χ3n) is 14.2. The summed E-state index contributed by atoms with van der Waals surface area (Å²) in [4.78, 5) is 12.4. The van der Waals surface area contributed by atoms with Crippen LogP contribution < -0.4 is 0 Å². The zero-order valence-electron chi connectivity index (χ0n) is 24.7. The quantitative estimate of drug-likeness (QED) is 0.275. The third kappa shape index (κ3) is 3.34. The number of allylic oxidation sites excluding steroid dienone is 2. The highest BCUT2D eigenvalue weighted by Gasteiger charge is 2.77. The van der Waals surface area contributed by atoms with Gasteiger partial charge < -0.3 is 9.84 Å². The number of carbonyl (C=O) groups is 1. The number of methoxy groups -OCH3 is 1. The molecule has 12 atom stereocenters. The number of fused-ring (bicyclic) bond motifs is 4. The van der Waals surface area contributed by atoms with Gasteiger partial charge >= 0.3 is 5.97 Å². The van der Waals surface area contributed by atoms with Crippen LogP contribution in [0.4, 0.5) is 0 Å². The van der Waals surface area contributed by atoms with Crippen LogP contribution in [0.1, 0.15) is 86.0 Å². The van der Waals surface area contributed by atoms with Crippen molar-refractivity contribution in [1.29, 1.82) is 0 Å². The molecule has 1 unspecified atom stereocenters. The van der Waals surface area contributed by atoms with Gasteiger partial charge in [-0.3, -0.25) is 4.79 Å². The van der Waals surface area contributed by atoms with Crippen molar-refractivity contribution in [2.24, 2.45) is 57.7 Å². The van der Waals surface area contributed by atoms with Gasteiger partial charge in [-0.05, 0) is 104 Å². The van der Waals surface area contributed by atoms with E-state index >= 15 is 0 Å². The summed E-state index contributed by atoms with van der Waals surface area (Å²) in [7, 11) is 0.0962. The minimum absolute atomic E-state index is 0.0515. The number of rotatable bonds is 7. The van der Waals surface area contributed by atoms with Gasteiger partial charge in [0.15, 0.2) is 0 Å². The van der Waals surface area contributed by atoms with E-state index in [1.54, 1.807) is 0 Å². The van der Waals surface area contributed by atoms with E-state index in [2.05, 4.69) is 59.5 Å². The van der Waals surface area contributed by atoms with E-state index in [1.807, 2.05) is 14.0 Å². The Morgan fingerprint density at radius 1 is 1.06 bits per heavy atom. The number of hydrogen-bond acceptors (Lipinski definition) is 2. The number of ether oxygens (including phenoxy) is 1. The third-order valence-corrected chi connectivity index (χ3v) is 17.9. The van der Waals surface area contributed by atoms with Gasteiger partial charge in [0.25, 0.3) is 0 Å². The Hall–Kier alpha value is -0.613. The van der Waals surface area contributed by atoms with Crippen LogP contribution in [0.15, 0.2) is 12.2 Å². The molecule has 5 saturated carbocycles. The normalized spacial score (nSPS) is 48.9. The summed E-state index contributed by atoms with van der Waals surface area (Å²) < 4.78 is 6.31. The highest BCUT2D eigenvalue weighted by atomic mass is 28.3. The Morgan fingerprint density at radius 3 is 2.33 bits per heavy atom. The van der Waals surface area contributed by atoms with Crippen molar-refractivity contribution in [1.82, 2.24) is 0 Å². The largest absolute Gasteiger partial charge is 0.481 e. The van der Waals surface area contributed by atoms with Crippen molar-refractivity contribution in [3.05, 3.63) is 12.2 Å². The lowest BCUT2D eigenvalue weighted by Crippen LogP contribution is -2.57. The molecule has 1 N–H and O–H groups in total. The summed E-state index contributed by atoms with van der Waals surface area (Å²) in [5.41, 5.74) is 1.41. The molecular formula is C32H54O3Si. The first-order valence-corrected chi connectivity index (χ1v) is 18.6. The second-order valence-corrected chi connectivity index (χ2v) is 21.3. The van der Waals surface area contributed by atoms with Gasteiger partial charge in [-0.15, -0.1) is 0 Å². The zero-order chi connectivity index (χ0) is 26.5. The van der Waals surface area contributed by atoms with Gasteiger partial charge in [-0.1, -0.05) is 66.4 Å². The Kier molecular flexibility index (Phi) is 6.32. The number of carboxylic acid groups (broad SMARTS) is 1. The fraction of sp³-hybridized carbons (Fsp3) is 0.906. The lowest BCUT2D eigenvalue weighted by atomic mass is 9.45. The first kappa shape index (κ1) is 27.0. The van der Waals surface area contributed by atoms with Crippen LogP contribution in [-0.2, 0) is 9.53 Å². The minimum Gasteiger partial charge on any atom is -0.481 e. The van der Waals surface area contributed by atoms with Gasteiger partial charge in [0.2, 0.25) is 0 Å². The molecule has 0 aromatic heterocycles. The Balaban J connectivity index is 1.35. The predicted octanol–water partition coefficient (Wildman–Crippen LogP) is 8.28. The molecule has 5 fully saturated rings. The van der Waals surface area contributed by atoms with Gasteiger partial charge in [0.05, 0.1) is 19.2 Å². The molecule has 4 heteroatoms. The van der Waals surface area contributed by atoms with E-state index in [0.717, 1.165) is 23.7 Å². The average Bonchev–Trinajstić information content (AvgIpc) is 3.31. The second kappa shape index (κ2) is 8.44. The Labute approximate surface area is 222 Å². The van der Waals surface area contributed by atoms with Crippen LogP contribution in [0.25, 0.3) is 0 Å². The molecule has 5 rings (SSSR count). The van der Waals surface area contributed by atoms with Crippen molar-refractivity contribution in [3.8, 4) is 0 Å². The topological polar surface area (TPSA) is 46.5 Å². The Morgan fingerprint density at radius 2 is 1.75 bits per heavy atom. The standard InChI is InChI=1S/C32H54O3Si/c1-20(10-11-21(2)31(5,28(33)34)36(7,8)9)24-12-13-25-23-18-27(35-6)32-19-22(32)14-17-30(32,4)26(23)15-16-29(24,25)3/h10-11,20-27H,12-19H2,1-9H3,(H,33,34)/b11-10+/t20-,21-,22-,23+,24-,25+,26+,27-,29-,30-,31?,32+/m1/s1. The smallest absolute Gasteiger partial charge is 0.307 e. The summed E-state index contributed by atoms with van der Waals surface area (Å²) >= 11 is 0. The lowest BCUT2D eigenvalue weighted by Gasteiger charge is -2.61. The maximum atomic E-state index is 12.4. The van der Waals surface area contributed by atoms with Crippen LogP contribution in [-0.4, -0.2) is 32.4 Å². The van der Waals surface area contributed by atoms with Crippen LogP contribution in [0.5, 0.6) is 0 Å². The molecule has 204 valence electrons. The highest BCUT2D eigenvalue weighted by molar-refractivity contribution is 6.82. The molecule has 0 aliphatic heterocycles. The lowest BCUT2D eigenvalue weighted by molar-refractivity contribution is -0.160. The van der Waals surface area contributed by atoms with Gasteiger partial charge in [-0.25, -0.2) is 0 Å². The van der Waals surface area contributed by atoms with Crippen LogP contribution in [0.3, 0.4) is 0 Å². The van der Waals surface area contributed by atoms with Gasteiger partial charge in [0.1, 0.15) is 0 Å². The monoisotopic (exact) mass is 514 g/mol.